The topological polar surface area (TPSA) is 67.6 Å². The van der Waals surface area contributed by atoms with E-state index in [1.54, 1.807) is 19.0 Å². The summed E-state index contributed by atoms with van der Waals surface area (Å²) < 4.78 is 0. The van der Waals surface area contributed by atoms with Crippen LogP contribution in [0.4, 0.5) is 0 Å². The molecule has 1 aliphatic rings. The predicted molar refractivity (Wildman–Crippen MR) is 96.6 cm³/mol. The van der Waals surface area contributed by atoms with E-state index in [1.807, 2.05) is 38.1 Å². The van der Waals surface area contributed by atoms with E-state index < -0.39 is 6.04 Å². The number of nitriles is 1. The van der Waals surface area contributed by atoms with Gasteiger partial charge in [-0.15, -0.1) is 0 Å². The van der Waals surface area contributed by atoms with Crippen molar-refractivity contribution in [2.75, 3.05) is 27.2 Å². The van der Waals surface area contributed by atoms with Gasteiger partial charge in [0.25, 0.3) is 0 Å². The standard InChI is InChI=1S/C20H25N3O2/c1-14(2)5-6-15-7-9-16(10-8-15)20-17(11-21)23(18(20)13-24)19(25)12-22(3)4/h7-10,14,17-18,20,24H,12-13H2,1-4H3/t17-,18-,20+/m1/s1. The number of hydrogen-bond donors (Lipinski definition) is 1. The smallest absolute Gasteiger partial charge is 0.238 e. The normalized spacial score (nSPS) is 22.2. The molecule has 132 valence electrons. The largest absolute Gasteiger partial charge is 0.394 e. The monoisotopic (exact) mass is 339 g/mol. The maximum Gasteiger partial charge on any atom is 0.238 e. The van der Waals surface area contributed by atoms with Crippen LogP contribution >= 0.6 is 0 Å². The van der Waals surface area contributed by atoms with Crippen molar-refractivity contribution in [3.8, 4) is 17.9 Å². The second-order valence-electron chi connectivity index (χ2n) is 6.93. The predicted octanol–water partition coefficient (Wildman–Crippen LogP) is 1.43. The number of aliphatic hydroxyl groups is 1. The minimum atomic E-state index is -0.544. The van der Waals surface area contributed by atoms with Crippen molar-refractivity contribution in [2.24, 2.45) is 5.92 Å². The average molecular weight is 339 g/mol. The maximum absolute atomic E-state index is 12.4. The van der Waals surface area contributed by atoms with Crippen LogP contribution in [0.5, 0.6) is 0 Å². The molecule has 1 aromatic rings. The van der Waals surface area contributed by atoms with Gasteiger partial charge in [-0.25, -0.2) is 0 Å². The Bertz CT molecular complexity index is 707. The van der Waals surface area contributed by atoms with Gasteiger partial charge in [0.1, 0.15) is 6.04 Å². The second-order valence-corrected chi connectivity index (χ2v) is 6.93. The van der Waals surface area contributed by atoms with Crippen LogP contribution in [0.15, 0.2) is 24.3 Å². The molecule has 5 heteroatoms. The first-order chi connectivity index (χ1) is 11.9. The quantitative estimate of drug-likeness (QED) is 0.843. The molecule has 3 atom stereocenters. The van der Waals surface area contributed by atoms with E-state index in [9.17, 15) is 15.2 Å². The maximum atomic E-state index is 12.4. The highest BCUT2D eigenvalue weighted by Crippen LogP contribution is 2.40. The molecule has 1 heterocycles. The van der Waals surface area contributed by atoms with Gasteiger partial charge in [-0.3, -0.25) is 4.79 Å². The van der Waals surface area contributed by atoms with Gasteiger partial charge in [0, 0.05) is 17.4 Å². The summed E-state index contributed by atoms with van der Waals surface area (Å²) in [5.41, 5.74) is 1.88. The summed E-state index contributed by atoms with van der Waals surface area (Å²) in [7, 11) is 3.61. The minimum Gasteiger partial charge on any atom is -0.394 e. The molecule has 0 spiro atoms. The van der Waals surface area contributed by atoms with E-state index in [1.165, 1.54) is 4.90 Å². The summed E-state index contributed by atoms with van der Waals surface area (Å²) in [5, 5.41) is 19.3. The summed E-state index contributed by atoms with van der Waals surface area (Å²) in [4.78, 5) is 15.6. The van der Waals surface area contributed by atoms with Crippen molar-refractivity contribution in [3.05, 3.63) is 35.4 Å². The van der Waals surface area contributed by atoms with Crippen LogP contribution in [0.25, 0.3) is 0 Å². The summed E-state index contributed by atoms with van der Waals surface area (Å²) in [6.45, 7) is 4.15. The molecule has 0 unspecified atom stereocenters. The molecule has 1 aromatic carbocycles. The van der Waals surface area contributed by atoms with Crippen LogP contribution in [-0.4, -0.2) is 60.1 Å². The highest BCUT2D eigenvalue weighted by molar-refractivity contribution is 5.81. The third-order valence-electron chi connectivity index (χ3n) is 4.27. The average Bonchev–Trinajstić information content (AvgIpc) is 2.53. The van der Waals surface area contributed by atoms with Gasteiger partial charge in [-0.05, 0) is 31.8 Å². The molecule has 25 heavy (non-hydrogen) atoms. The number of carbonyl (C=O) groups excluding carboxylic acids is 1. The number of likely N-dealkylation sites (N-methyl/N-ethyl adjacent to an activating group) is 1. The number of likely N-dealkylation sites (tertiary alicyclic amines) is 1. The summed E-state index contributed by atoms with van der Waals surface area (Å²) in [6.07, 6.45) is 0. The molecule has 0 radical (unpaired) electrons. The van der Waals surface area contributed by atoms with Gasteiger partial charge < -0.3 is 14.9 Å². The van der Waals surface area contributed by atoms with Crippen molar-refractivity contribution >= 4 is 5.91 Å². The van der Waals surface area contributed by atoms with Gasteiger partial charge in [0.15, 0.2) is 0 Å². The number of benzene rings is 1. The summed E-state index contributed by atoms with van der Waals surface area (Å²) in [6, 6.07) is 9.06. The van der Waals surface area contributed by atoms with E-state index >= 15 is 0 Å². The zero-order valence-electron chi connectivity index (χ0n) is 15.2. The Labute approximate surface area is 149 Å². The molecule has 1 N–H and O–H groups in total. The Kier molecular flexibility index (Phi) is 6.20. The first kappa shape index (κ1) is 19.0. The molecule has 0 aliphatic carbocycles. The molecule has 1 fully saturated rings. The van der Waals surface area contributed by atoms with Crippen LogP contribution in [0.1, 0.15) is 30.9 Å². The van der Waals surface area contributed by atoms with Crippen LogP contribution in [0.3, 0.4) is 0 Å². The highest BCUT2D eigenvalue weighted by Gasteiger charge is 2.51. The Hall–Kier alpha value is -2.34. The second kappa shape index (κ2) is 8.16. The molecule has 0 aromatic heterocycles. The molecule has 0 saturated carbocycles. The fraction of sp³-hybridized carbons (Fsp3) is 0.500. The van der Waals surface area contributed by atoms with E-state index in [4.69, 9.17) is 0 Å². The molecule has 2 rings (SSSR count). The number of aliphatic hydroxyl groups excluding tert-OH is 1. The van der Waals surface area contributed by atoms with E-state index in [-0.39, 0.29) is 31.0 Å². The zero-order valence-corrected chi connectivity index (χ0v) is 15.2. The van der Waals surface area contributed by atoms with E-state index in [0.29, 0.717) is 5.92 Å². The lowest BCUT2D eigenvalue weighted by Gasteiger charge is -2.51. The van der Waals surface area contributed by atoms with E-state index in [0.717, 1.165) is 11.1 Å². The summed E-state index contributed by atoms with van der Waals surface area (Å²) in [5.74, 6) is 6.23. The van der Waals surface area contributed by atoms with Gasteiger partial charge in [-0.2, -0.15) is 5.26 Å². The first-order valence-corrected chi connectivity index (χ1v) is 8.47. The lowest BCUT2D eigenvalue weighted by molar-refractivity contribution is -0.147. The first-order valence-electron chi connectivity index (χ1n) is 8.47. The zero-order chi connectivity index (χ0) is 18.6. The van der Waals surface area contributed by atoms with Crippen molar-refractivity contribution in [1.82, 2.24) is 9.80 Å². The Morgan fingerprint density at radius 3 is 2.44 bits per heavy atom. The SMILES string of the molecule is CC(C)C#Cc1ccc([C@H]2[C@@H](C#N)N(C(=O)CN(C)C)[C@@H]2CO)cc1. The Morgan fingerprint density at radius 2 is 1.96 bits per heavy atom. The number of carbonyl (C=O) groups is 1. The third kappa shape index (κ3) is 4.20. The van der Waals surface area contributed by atoms with Gasteiger partial charge in [0.2, 0.25) is 5.91 Å². The molecular weight excluding hydrogens is 314 g/mol. The molecule has 0 bridgehead atoms. The van der Waals surface area contributed by atoms with Gasteiger partial charge in [-0.1, -0.05) is 37.8 Å². The number of rotatable bonds is 4. The van der Waals surface area contributed by atoms with Crippen molar-refractivity contribution in [1.29, 1.82) is 5.26 Å². The lowest BCUT2D eigenvalue weighted by Crippen LogP contribution is -2.66. The van der Waals surface area contributed by atoms with Gasteiger partial charge >= 0.3 is 0 Å². The highest BCUT2D eigenvalue weighted by atomic mass is 16.3. The van der Waals surface area contributed by atoms with Crippen LogP contribution in [0.2, 0.25) is 0 Å². The number of hydrogen-bond acceptors (Lipinski definition) is 4. The molecule has 1 amide bonds. The molecule has 5 nitrogen and oxygen atoms in total. The molecule has 1 aliphatic heterocycles. The van der Waals surface area contributed by atoms with E-state index in [2.05, 4.69) is 17.9 Å². The van der Waals surface area contributed by atoms with Gasteiger partial charge in [0.05, 0.1) is 25.3 Å². The number of nitrogens with zero attached hydrogens (tertiary/aromatic N) is 3. The van der Waals surface area contributed by atoms with Crippen LogP contribution in [0, 0.1) is 29.1 Å². The summed E-state index contributed by atoms with van der Waals surface area (Å²) >= 11 is 0. The lowest BCUT2D eigenvalue weighted by atomic mass is 9.75. The Balaban J connectivity index is 2.20. The third-order valence-corrected chi connectivity index (χ3v) is 4.27. The fourth-order valence-corrected chi connectivity index (χ4v) is 3.12. The Morgan fingerprint density at radius 1 is 1.32 bits per heavy atom. The van der Waals surface area contributed by atoms with Crippen molar-refractivity contribution in [3.63, 3.8) is 0 Å². The number of amides is 1. The van der Waals surface area contributed by atoms with Crippen molar-refractivity contribution in [2.45, 2.75) is 31.8 Å². The minimum absolute atomic E-state index is 0.133. The van der Waals surface area contributed by atoms with Crippen molar-refractivity contribution < 1.29 is 9.90 Å². The van der Waals surface area contributed by atoms with Crippen LogP contribution in [-0.2, 0) is 4.79 Å². The fourth-order valence-electron chi connectivity index (χ4n) is 3.12. The molecular formula is C20H25N3O2. The van der Waals surface area contributed by atoms with Crippen LogP contribution < -0.4 is 0 Å². The molecule has 1 saturated heterocycles.